The molecule has 0 unspecified atom stereocenters. The Morgan fingerprint density at radius 3 is 0.860 bits per heavy atom. The highest BCUT2D eigenvalue weighted by molar-refractivity contribution is 6.26. The molecule has 0 bridgehead atoms. The van der Waals surface area contributed by atoms with Crippen molar-refractivity contribution in [2.45, 2.75) is 0 Å². The summed E-state index contributed by atoms with van der Waals surface area (Å²) < 4.78 is 522. The van der Waals surface area contributed by atoms with Crippen molar-refractivity contribution < 1.29 is 80.9 Å². The van der Waals surface area contributed by atoms with Crippen molar-refractivity contribution in [1.82, 2.24) is 0 Å². The first-order valence-electron chi connectivity index (χ1n) is 64.2. The fraction of sp³-hybridized carbons (Fsp3) is 0. The number of rotatable bonds is 8. The summed E-state index contributed by atoms with van der Waals surface area (Å²) in [7, 11) is 0. The van der Waals surface area contributed by atoms with E-state index in [4.69, 9.17) is 58.9 Å². The molecule has 0 saturated heterocycles. The molecule has 0 nitrogen and oxygen atoms in total. The Bertz CT molecular complexity index is 11300. The maximum absolute atomic E-state index is 9.74. The molecule has 0 radical (unpaired) electrons. The fourth-order valence-electron chi connectivity index (χ4n) is 14.2. The van der Waals surface area contributed by atoms with Crippen molar-refractivity contribution in [2.24, 2.45) is 0 Å². The highest BCUT2D eigenvalue weighted by Gasteiger charge is 2.22. The van der Waals surface area contributed by atoms with Gasteiger partial charge in [0.2, 0.25) is 0 Å². The van der Waals surface area contributed by atoms with E-state index in [0.29, 0.717) is 5.56 Å². The van der Waals surface area contributed by atoms with Crippen LogP contribution in [0.4, 0.5) is 0 Å². The van der Waals surface area contributed by atoms with Gasteiger partial charge in [0.05, 0.1) is 80.9 Å². The SMILES string of the molecule is [2H]c1c([2H])c(-c2c([2H])c([2H])c([2H])c3c([2H])c([2H])c([2H])c([2H])c23)c([2H])c(-c2c3c([2H])c([2H])c([2H])c([2H])c3c(-c3c([2H])c([2H])c4c([2H])c([2H])c([2H])c([2H])c4c3[2H])c3c([2H])c([2H])c([2H])c([2H])c23)c1[2H].[2H]c1c([2H])c(-c2c([2H])c([2H])c3c([2H])c([2H])c([2H])c([2H])c3c2[2H])c([2H])c(-c2c3c([2H])c([2H])c([2H])c([2H])c3c(-c3c([2H])c([2H])c4c([2H])c([2H])c([2H])c([2H])c4c3[2H])c3c([2H])c([2H])c([2H])c([2H])c23)c1[2H].[2H]c1c([2H])c([2H])c2c(-c3c4ccccc4c(-c4ccc5ccccc5c4)c4ccccc34)c([2H])c([2H])c([2H])c2c1[2H]. The zero-order chi connectivity index (χ0) is 127. The first-order chi connectivity index (χ1) is 81.1. The van der Waals surface area contributed by atoms with E-state index in [9.17, 15) is 21.9 Å². The van der Waals surface area contributed by atoms with E-state index in [2.05, 4.69) is 30.3 Å². The number of hydrogen-bond acceptors (Lipinski definition) is 0. The van der Waals surface area contributed by atoms with Gasteiger partial charge < -0.3 is 0 Å². The highest BCUT2D eigenvalue weighted by atomic mass is 14.3. The zero-order valence-electron chi connectivity index (χ0n) is 117. The number of benzene rings is 23. The Morgan fingerprint density at radius 1 is 0.132 bits per heavy atom. The minimum absolute atomic E-state index is 0.0428. The Labute approximate surface area is 745 Å². The predicted molar refractivity (Wildman–Crippen MR) is 493 cm³/mol. The largest absolute Gasteiger partial charge is 0.0636 e. The van der Waals surface area contributed by atoms with E-state index in [1.165, 1.54) is 0 Å². The molecule has 530 valence electrons. The third-order valence-electron chi connectivity index (χ3n) is 19.1. The van der Waals surface area contributed by atoms with E-state index in [1.54, 1.807) is 0 Å². The van der Waals surface area contributed by atoms with Gasteiger partial charge in [-0.2, -0.15) is 0 Å². The maximum atomic E-state index is 9.74. The summed E-state index contributed by atoms with van der Waals surface area (Å²) in [4.78, 5) is 0. The minimum Gasteiger partial charge on any atom is -0.0616 e. The molecular weight excluding hydrogens is 1370 g/mol. The lowest BCUT2D eigenvalue weighted by Crippen LogP contribution is -1.91. The second-order valence-electron chi connectivity index (χ2n) is 25.4. The van der Waals surface area contributed by atoms with E-state index in [1.807, 2.05) is 60.7 Å². The molecule has 23 rings (SSSR count). The molecule has 0 heterocycles. The summed E-state index contributed by atoms with van der Waals surface area (Å²) in [5.74, 6) is 0. The monoisotopic (exact) mass is 1500 g/mol. The van der Waals surface area contributed by atoms with Crippen LogP contribution in [-0.4, -0.2) is 0 Å². The molecule has 0 aliphatic heterocycles. The standard InChI is InChI=1S/2C40H26.C34H22/c1-3-12-29-24-32(22-20-27(29)10-1)31-14-9-15-33(26-31)39-35-16-5-7-18-37(35)40(38-19-8-6-17-36(38)39)34-23-21-28-11-2-4-13-30(28)25-34;1-2-13-29-25-32(24-23-27(29)11-1)40-37-20-7-5-18-35(37)39(36-19-6-8-21-38(36)40)31-16-9-15-30(26-31)34-22-10-14-28-12-3-4-17-33(28)34;1-2-12-25-22-26(21-20-23(25)10-1)33-29-15-5-7-17-31(29)34(32-18-8-6-16-30(32)33)28-19-9-13-24-11-3-4-14-27(24)28/h2*1-26H;1-22H/i2*1D,2D,3D,4D,5D,6D,7D,8D,9D,10D,11D,12D,13D,14D,15D,16D,17D,18D,19D,20D,21D,22D,23D,24D,25D,26D;3D,4D,9D,11D,13D,14D,19D. The van der Waals surface area contributed by atoms with Crippen LogP contribution in [0.3, 0.4) is 0 Å². The molecule has 0 N–H and O–H groups in total. The van der Waals surface area contributed by atoms with Crippen LogP contribution in [0.25, 0.3) is 218 Å². The van der Waals surface area contributed by atoms with Crippen LogP contribution in [0, 0.1) is 0 Å². The lowest BCUT2D eigenvalue weighted by Gasteiger charge is -2.19. The van der Waals surface area contributed by atoms with Gasteiger partial charge in [0.15, 0.2) is 0 Å². The van der Waals surface area contributed by atoms with Gasteiger partial charge in [0.25, 0.3) is 0 Å². The molecule has 0 heteroatoms. The minimum atomic E-state index is -1.07. The first-order valence-corrected chi connectivity index (χ1v) is 34.7. The normalized spacial score (nSPS) is 18.8. The van der Waals surface area contributed by atoms with Crippen LogP contribution in [0.1, 0.15) is 80.9 Å². The smallest absolute Gasteiger partial charge is 0.0616 e. The molecule has 23 aromatic carbocycles. The second kappa shape index (κ2) is 28.9. The molecule has 0 aliphatic carbocycles. The molecule has 0 atom stereocenters. The summed E-state index contributed by atoms with van der Waals surface area (Å²) in [5, 5.41) is -4.93. The van der Waals surface area contributed by atoms with Crippen LogP contribution < -0.4 is 0 Å². The Morgan fingerprint density at radius 2 is 0.412 bits per heavy atom. The Hall–Kier alpha value is -14.8. The molecule has 23 aromatic rings. The number of hydrogen-bond donors (Lipinski definition) is 0. The van der Waals surface area contributed by atoms with Gasteiger partial charge >= 0.3 is 0 Å². The summed E-state index contributed by atoms with van der Waals surface area (Å²) in [6, 6.07) is -20.7. The Balaban J connectivity index is 0.000000151. The first kappa shape index (κ1) is 30.1. The van der Waals surface area contributed by atoms with Crippen molar-refractivity contribution >= 4 is 129 Å². The van der Waals surface area contributed by atoms with Gasteiger partial charge in [-0.25, -0.2) is 0 Å². The Kier molecular flexibility index (Phi) is 7.63. The molecule has 0 fully saturated rings. The third kappa shape index (κ3) is 12.0. The van der Waals surface area contributed by atoms with Crippen LogP contribution in [0.15, 0.2) is 447 Å². The zero-order valence-corrected chi connectivity index (χ0v) is 58.2. The van der Waals surface area contributed by atoms with Crippen molar-refractivity contribution in [1.29, 1.82) is 0 Å². The topological polar surface area (TPSA) is 0 Å². The molecule has 0 amide bonds. The van der Waals surface area contributed by atoms with Gasteiger partial charge in [-0.05, 0) is 255 Å². The van der Waals surface area contributed by atoms with Gasteiger partial charge in [0.1, 0.15) is 0 Å². The van der Waals surface area contributed by atoms with Crippen LogP contribution >= 0.6 is 0 Å². The van der Waals surface area contributed by atoms with Crippen molar-refractivity contribution in [3.05, 3.63) is 447 Å². The fourth-order valence-corrected chi connectivity index (χ4v) is 14.2. The summed E-state index contributed by atoms with van der Waals surface area (Å²) in [5.41, 5.74) is -6.51. The lowest BCUT2D eigenvalue weighted by molar-refractivity contribution is 1.63. The van der Waals surface area contributed by atoms with Gasteiger partial charge in [-0.1, -0.05) is 411 Å². The second-order valence-corrected chi connectivity index (χ2v) is 25.4. The van der Waals surface area contributed by atoms with Gasteiger partial charge in [-0.3, -0.25) is 0 Å². The van der Waals surface area contributed by atoms with Crippen molar-refractivity contribution in [3.8, 4) is 89.0 Å². The summed E-state index contributed by atoms with van der Waals surface area (Å²) in [6.45, 7) is 0. The lowest BCUT2D eigenvalue weighted by atomic mass is 9.84. The average Bonchev–Trinajstić information content (AvgIpc) is 0.683. The van der Waals surface area contributed by atoms with Crippen LogP contribution in [-0.2, 0) is 0 Å². The van der Waals surface area contributed by atoms with Gasteiger partial charge in [-0.15, -0.1) is 0 Å². The number of fused-ring (bicyclic) bond motifs is 12. The quantitative estimate of drug-likeness (QED) is 0.133. The molecule has 0 saturated carbocycles. The molecule has 0 aliphatic rings. The van der Waals surface area contributed by atoms with E-state index >= 15 is 0 Å². The predicted octanol–water partition coefficient (Wildman–Crippen LogP) is 32.2. The van der Waals surface area contributed by atoms with Crippen molar-refractivity contribution in [3.63, 3.8) is 0 Å². The highest BCUT2D eigenvalue weighted by Crippen LogP contribution is 2.50. The van der Waals surface area contributed by atoms with E-state index in [0.717, 1.165) is 43.4 Å². The summed E-state index contributed by atoms with van der Waals surface area (Å²) >= 11 is 0. The molecular formula is C114H74. The van der Waals surface area contributed by atoms with Crippen molar-refractivity contribution in [2.75, 3.05) is 0 Å². The molecule has 114 heavy (non-hydrogen) atoms. The van der Waals surface area contributed by atoms with Crippen LogP contribution in [0.5, 0.6) is 0 Å². The van der Waals surface area contributed by atoms with Gasteiger partial charge in [0, 0.05) is 0 Å². The summed E-state index contributed by atoms with van der Waals surface area (Å²) in [6.07, 6.45) is 0. The van der Waals surface area contributed by atoms with E-state index in [-0.39, 0.29) is 46.5 Å². The van der Waals surface area contributed by atoms with Crippen LogP contribution in [0.2, 0.25) is 0 Å². The van der Waals surface area contributed by atoms with E-state index < -0.39 is 479 Å². The third-order valence-corrected chi connectivity index (χ3v) is 19.1. The average molecular weight is 1500 g/mol. The molecule has 0 aromatic heterocycles. The molecule has 0 spiro atoms. The maximum Gasteiger partial charge on any atom is 0.0636 e.